The van der Waals surface area contributed by atoms with Crippen molar-refractivity contribution in [3.63, 3.8) is 0 Å². The van der Waals surface area contributed by atoms with Crippen LogP contribution in [0.25, 0.3) is 0 Å². The van der Waals surface area contributed by atoms with E-state index in [0.29, 0.717) is 5.04 Å². The Hall–Kier alpha value is -0.415. The zero-order chi connectivity index (χ0) is 9.90. The molecule has 1 fully saturated rings. The van der Waals surface area contributed by atoms with Gasteiger partial charge in [0.15, 0.2) is 7.12 Å². The van der Waals surface area contributed by atoms with E-state index >= 15 is 0 Å². The van der Waals surface area contributed by atoms with Crippen molar-refractivity contribution in [2.24, 2.45) is 0 Å². The van der Waals surface area contributed by atoms with Gasteiger partial charge in [-0.2, -0.15) is 11.6 Å². The monoisotopic (exact) mass is 198 g/mol. The van der Waals surface area contributed by atoms with Crippen molar-refractivity contribution in [1.82, 2.24) is 5.32 Å². The lowest BCUT2D eigenvalue weighted by atomic mass is 10.0. The van der Waals surface area contributed by atoms with Gasteiger partial charge in [-0.3, -0.25) is 5.41 Å². The second-order valence-electron chi connectivity index (χ2n) is 3.41. The van der Waals surface area contributed by atoms with Gasteiger partial charge in [-0.15, -0.1) is 0 Å². The van der Waals surface area contributed by atoms with Gasteiger partial charge in [0.05, 0.1) is 11.7 Å². The minimum atomic E-state index is -0.277. The molecule has 0 bridgehead atoms. The highest BCUT2D eigenvalue weighted by molar-refractivity contribution is 8.31. The van der Waals surface area contributed by atoms with Gasteiger partial charge in [0.2, 0.25) is 0 Å². The third-order valence-corrected chi connectivity index (χ3v) is 2.58. The van der Waals surface area contributed by atoms with E-state index in [1.165, 1.54) is 11.6 Å². The Morgan fingerprint density at radius 2 is 2.46 bits per heavy atom. The van der Waals surface area contributed by atoms with Crippen LogP contribution in [0.2, 0.25) is 0 Å². The van der Waals surface area contributed by atoms with Crippen molar-refractivity contribution in [3.8, 4) is 0 Å². The quantitative estimate of drug-likeness (QED) is 0.367. The molecule has 2 N–H and O–H groups in total. The van der Waals surface area contributed by atoms with Crippen molar-refractivity contribution in [3.05, 3.63) is 11.8 Å². The first-order valence-corrected chi connectivity index (χ1v) is 5.51. The van der Waals surface area contributed by atoms with Crippen molar-refractivity contribution in [1.29, 1.82) is 5.41 Å². The number of ether oxygens (including phenoxy) is 1. The Kier molecular flexibility index (Phi) is 3.44. The van der Waals surface area contributed by atoms with Crippen LogP contribution < -0.4 is 5.32 Å². The highest BCUT2D eigenvalue weighted by Gasteiger charge is 2.27. The summed E-state index contributed by atoms with van der Waals surface area (Å²) in [5.74, 6) is 0. The Bertz CT molecular complexity index is 240. The molecule has 0 amide bonds. The summed E-state index contributed by atoms with van der Waals surface area (Å²) in [5.41, 5.74) is 0.721. The molecule has 0 unspecified atom stereocenters. The summed E-state index contributed by atoms with van der Waals surface area (Å²) >= 11 is 1.43. The van der Waals surface area contributed by atoms with E-state index in [2.05, 4.69) is 5.32 Å². The first-order valence-electron chi connectivity index (χ1n) is 4.29. The zero-order valence-electron chi connectivity index (χ0n) is 8.31. The Morgan fingerprint density at radius 1 is 1.77 bits per heavy atom. The average Bonchev–Trinajstić information content (AvgIpc) is 2.08. The van der Waals surface area contributed by atoms with Crippen LogP contribution in [0.3, 0.4) is 0 Å². The molecule has 1 aliphatic rings. The number of rotatable bonds is 1. The predicted molar refractivity (Wildman–Crippen MR) is 60.0 cm³/mol. The fraction of sp³-hybridized carbons (Fsp3) is 0.625. The highest BCUT2D eigenvalue weighted by Crippen LogP contribution is 2.21. The van der Waals surface area contributed by atoms with Crippen LogP contribution in [-0.2, 0) is 4.74 Å². The molecule has 0 radical (unpaired) electrons. The van der Waals surface area contributed by atoms with Gasteiger partial charge < -0.3 is 10.1 Å². The maximum atomic E-state index is 7.54. The summed E-state index contributed by atoms with van der Waals surface area (Å²) in [6, 6.07) is 0. The summed E-state index contributed by atoms with van der Waals surface area (Å²) in [6.07, 6.45) is 1.84. The Labute approximate surface area is 84.1 Å². The molecule has 0 aromatic rings. The van der Waals surface area contributed by atoms with E-state index in [1.807, 2.05) is 27.0 Å². The van der Waals surface area contributed by atoms with Crippen LogP contribution in [0, 0.1) is 5.41 Å². The molecule has 0 atom stereocenters. The highest BCUT2D eigenvalue weighted by atomic mass is 32.2. The Morgan fingerprint density at radius 3 is 3.00 bits per heavy atom. The fourth-order valence-electron chi connectivity index (χ4n) is 1.20. The molecule has 1 aliphatic heterocycles. The average molecular weight is 198 g/mol. The minimum Gasteiger partial charge on any atom is -0.384 e. The van der Waals surface area contributed by atoms with Crippen molar-refractivity contribution in [2.75, 3.05) is 13.2 Å². The third-order valence-electron chi connectivity index (χ3n) is 2.02. The molecule has 3 nitrogen and oxygen atoms in total. The second-order valence-corrected chi connectivity index (χ2v) is 4.26. The van der Waals surface area contributed by atoms with Gasteiger partial charge in [-0.05, 0) is 19.9 Å². The molecule has 0 saturated carbocycles. The van der Waals surface area contributed by atoms with Crippen LogP contribution >= 0.6 is 11.6 Å². The lowest BCUT2D eigenvalue weighted by Crippen LogP contribution is -2.43. The van der Waals surface area contributed by atoms with E-state index in [0.717, 1.165) is 18.8 Å². The Balaban J connectivity index is 2.76. The van der Waals surface area contributed by atoms with Gasteiger partial charge in [-0.1, -0.05) is 0 Å². The lowest BCUT2D eigenvalue weighted by Gasteiger charge is -2.34. The van der Waals surface area contributed by atoms with Crippen LogP contribution in [-0.4, -0.2) is 30.9 Å². The van der Waals surface area contributed by atoms with Gasteiger partial charge in [0.1, 0.15) is 5.60 Å². The predicted octanol–water partition coefficient (Wildman–Crippen LogP) is 0.527. The number of hydrogen-bond donors (Lipinski definition) is 2. The molecule has 5 heteroatoms. The lowest BCUT2D eigenvalue weighted by molar-refractivity contribution is -0.0116. The van der Waals surface area contributed by atoms with Gasteiger partial charge in [-0.25, -0.2) is 0 Å². The molecule has 1 heterocycles. The van der Waals surface area contributed by atoms with Crippen molar-refractivity contribution < 1.29 is 4.74 Å². The van der Waals surface area contributed by atoms with Crippen LogP contribution in [0.1, 0.15) is 13.8 Å². The zero-order valence-corrected chi connectivity index (χ0v) is 9.12. The molecule has 13 heavy (non-hydrogen) atoms. The topological polar surface area (TPSA) is 45.1 Å². The maximum Gasteiger partial charge on any atom is 0.182 e. The molecule has 0 aliphatic carbocycles. The summed E-state index contributed by atoms with van der Waals surface area (Å²) in [4.78, 5) is 0. The summed E-state index contributed by atoms with van der Waals surface area (Å²) in [6.45, 7) is 5.59. The van der Waals surface area contributed by atoms with E-state index < -0.39 is 0 Å². The molecule has 72 valence electrons. The van der Waals surface area contributed by atoms with E-state index in [-0.39, 0.29) is 5.60 Å². The van der Waals surface area contributed by atoms with Crippen LogP contribution in [0.4, 0.5) is 0 Å². The number of hydrogen-bond acceptors (Lipinski definition) is 4. The van der Waals surface area contributed by atoms with Crippen molar-refractivity contribution >= 4 is 23.8 Å². The number of morpholine rings is 1. The smallest absolute Gasteiger partial charge is 0.182 e. The van der Waals surface area contributed by atoms with E-state index in [1.54, 1.807) is 0 Å². The van der Waals surface area contributed by atoms with Gasteiger partial charge >= 0.3 is 0 Å². The molecule has 0 aromatic heterocycles. The molecule has 0 spiro atoms. The summed E-state index contributed by atoms with van der Waals surface area (Å²) in [7, 11) is 1.90. The van der Waals surface area contributed by atoms with Crippen molar-refractivity contribution in [2.45, 2.75) is 19.4 Å². The standard InChI is InChI=1S/C8H15BN2OS/c1-8(2)6(5-7(10)13-9)11-3-4-12-8/h5,10-11H,3-4,9H2,1-2H3/b6-5-,10-7?. The van der Waals surface area contributed by atoms with E-state index in [4.69, 9.17) is 10.1 Å². The first kappa shape index (κ1) is 10.7. The second kappa shape index (κ2) is 4.20. The molecular weight excluding hydrogens is 183 g/mol. The fourth-order valence-corrected chi connectivity index (χ4v) is 1.43. The summed E-state index contributed by atoms with van der Waals surface area (Å²) < 4.78 is 5.59. The van der Waals surface area contributed by atoms with E-state index in [9.17, 15) is 0 Å². The largest absolute Gasteiger partial charge is 0.384 e. The van der Waals surface area contributed by atoms with Gasteiger partial charge in [0.25, 0.3) is 0 Å². The van der Waals surface area contributed by atoms with Crippen LogP contribution in [0.15, 0.2) is 11.8 Å². The number of nitrogens with one attached hydrogen (secondary N) is 2. The van der Waals surface area contributed by atoms with Gasteiger partial charge in [0, 0.05) is 12.2 Å². The maximum absolute atomic E-state index is 7.54. The van der Waals surface area contributed by atoms with Crippen LogP contribution in [0.5, 0.6) is 0 Å². The molecular formula is C8H15BN2OS. The molecule has 1 saturated heterocycles. The molecule has 0 aromatic carbocycles. The molecule has 1 rings (SSSR count). The minimum absolute atomic E-state index is 0.277. The SMILES string of the molecule is BSC(=N)/C=C1\NCCOC1(C)C. The first-order chi connectivity index (χ1) is 6.06. The summed E-state index contributed by atoms with van der Waals surface area (Å²) in [5, 5.41) is 11.4. The third kappa shape index (κ3) is 2.77. The normalized spacial score (nSPS) is 24.0.